The topological polar surface area (TPSA) is 236 Å². The first kappa shape index (κ1) is 33.1. The van der Waals surface area contributed by atoms with E-state index in [-0.39, 0.29) is 31.1 Å². The number of hydrogen-bond donors (Lipinski definition) is 9. The fourth-order valence-electron chi connectivity index (χ4n) is 6.37. The first-order valence-corrected chi connectivity index (χ1v) is 14.6. The Kier molecular flexibility index (Phi) is 11.5. The summed E-state index contributed by atoms with van der Waals surface area (Å²) in [4.78, 5) is 12.9. The van der Waals surface area contributed by atoms with Crippen LogP contribution in [0.15, 0.2) is 0 Å². The van der Waals surface area contributed by atoms with Crippen LogP contribution < -0.4 is 0 Å². The van der Waals surface area contributed by atoms with Crippen molar-refractivity contribution in [3.05, 3.63) is 0 Å². The highest BCUT2D eigenvalue weighted by molar-refractivity contribution is 5.82. The number of carbonyl (C=O) groups is 1. The minimum atomic E-state index is -1.71. The van der Waals surface area contributed by atoms with Crippen molar-refractivity contribution in [1.29, 1.82) is 0 Å². The molecule has 0 aromatic rings. The molecule has 2 saturated heterocycles. The first-order valence-electron chi connectivity index (χ1n) is 14.6. The van der Waals surface area contributed by atoms with E-state index < -0.39 is 92.2 Å². The van der Waals surface area contributed by atoms with Crippen LogP contribution in [-0.2, 0) is 23.7 Å². The third kappa shape index (κ3) is 7.81. The summed E-state index contributed by atoms with van der Waals surface area (Å²) in [6.45, 7) is 1.02. The van der Waals surface area contributed by atoms with Crippen molar-refractivity contribution >= 4 is 5.78 Å². The van der Waals surface area contributed by atoms with Crippen LogP contribution in [0.3, 0.4) is 0 Å². The number of carbonyl (C=O) groups excluding carboxylic acids is 1. The Bertz CT molecular complexity index is 827. The maximum absolute atomic E-state index is 12.9. The van der Waals surface area contributed by atoms with Crippen LogP contribution in [0.2, 0.25) is 0 Å². The smallest absolute Gasteiger partial charge is 0.186 e. The Morgan fingerprint density at radius 3 is 1.95 bits per heavy atom. The van der Waals surface area contributed by atoms with E-state index in [9.17, 15) is 50.8 Å². The second-order valence-electron chi connectivity index (χ2n) is 12.1. The highest BCUT2D eigenvalue weighted by Gasteiger charge is 2.49. The molecule has 4 rings (SSSR count). The Labute approximate surface area is 238 Å². The zero-order valence-corrected chi connectivity index (χ0v) is 23.2. The SMILES string of the molecule is C[C@@H]1O[C@@H](OC[C@H]2O[C@@H](OC3CC(O)C(C(=O)CCC4CCC(O)CC4)C(O)C3)[C@H](O)[C@@H](O)[C@@H]2O)[C@H](O)[C@H](O)[C@H]1O. The van der Waals surface area contributed by atoms with E-state index in [0.717, 1.165) is 12.8 Å². The fourth-order valence-corrected chi connectivity index (χ4v) is 6.37. The summed E-state index contributed by atoms with van der Waals surface area (Å²) in [6, 6.07) is 0. The monoisotopic (exact) mass is 594 g/mol. The molecule has 0 aromatic heterocycles. The van der Waals surface area contributed by atoms with Crippen molar-refractivity contribution < 1.29 is 69.7 Å². The molecule has 4 fully saturated rings. The fraction of sp³-hybridized carbons (Fsp3) is 0.963. The molecule has 4 aliphatic rings. The van der Waals surface area contributed by atoms with Crippen LogP contribution >= 0.6 is 0 Å². The summed E-state index contributed by atoms with van der Waals surface area (Å²) < 4.78 is 22.2. The molecule has 41 heavy (non-hydrogen) atoms. The highest BCUT2D eigenvalue weighted by Crippen LogP contribution is 2.34. The van der Waals surface area contributed by atoms with Crippen molar-refractivity contribution in [3.8, 4) is 0 Å². The van der Waals surface area contributed by atoms with E-state index in [0.29, 0.717) is 25.2 Å². The van der Waals surface area contributed by atoms with Gasteiger partial charge in [0.15, 0.2) is 12.6 Å². The molecule has 2 aliphatic carbocycles. The number of aliphatic hydroxyl groups excluding tert-OH is 9. The molecular formula is C27H46O14. The molecule has 9 N–H and O–H groups in total. The lowest BCUT2D eigenvalue weighted by atomic mass is 9.77. The van der Waals surface area contributed by atoms with E-state index >= 15 is 0 Å². The summed E-state index contributed by atoms with van der Waals surface area (Å²) >= 11 is 0. The van der Waals surface area contributed by atoms with Gasteiger partial charge in [0.25, 0.3) is 0 Å². The Balaban J connectivity index is 1.28. The molecule has 14 nitrogen and oxygen atoms in total. The van der Waals surface area contributed by atoms with Gasteiger partial charge in [-0.3, -0.25) is 4.79 Å². The van der Waals surface area contributed by atoms with Gasteiger partial charge in [0.2, 0.25) is 0 Å². The summed E-state index contributed by atoms with van der Waals surface area (Å²) in [5.74, 6) is -0.890. The molecule has 0 spiro atoms. The zero-order valence-electron chi connectivity index (χ0n) is 23.2. The second-order valence-corrected chi connectivity index (χ2v) is 12.1. The predicted molar refractivity (Wildman–Crippen MR) is 137 cm³/mol. The number of hydrogen-bond acceptors (Lipinski definition) is 14. The van der Waals surface area contributed by atoms with E-state index in [1.165, 1.54) is 6.92 Å². The van der Waals surface area contributed by atoms with Crippen LogP contribution in [0.25, 0.3) is 0 Å². The van der Waals surface area contributed by atoms with Crippen LogP contribution in [-0.4, -0.2) is 144 Å². The standard InChI is InChI=1S/C27H46O14/c1-11-20(32)22(34)24(36)26(39-11)38-10-18-21(33)23(35)25(37)27(41-18)40-14-8-16(30)19(17(31)9-14)15(29)7-4-12-2-5-13(28)6-3-12/h11-14,16-28,30-37H,2-10H2,1H3/t11-,12?,13?,14?,16?,17?,18+,19?,20-,21+,22+,23-,24+,25+,26+,27+/m0/s1. The molecule has 238 valence electrons. The average molecular weight is 595 g/mol. The lowest BCUT2D eigenvalue weighted by molar-refractivity contribution is -0.336. The van der Waals surface area contributed by atoms with Crippen molar-refractivity contribution in [2.45, 2.75) is 144 Å². The molecule has 0 amide bonds. The lowest BCUT2D eigenvalue weighted by Crippen LogP contribution is -2.61. The van der Waals surface area contributed by atoms with E-state index in [1.807, 2.05) is 0 Å². The van der Waals surface area contributed by atoms with Crippen LogP contribution in [0.4, 0.5) is 0 Å². The maximum Gasteiger partial charge on any atom is 0.186 e. The van der Waals surface area contributed by atoms with Crippen molar-refractivity contribution in [2.24, 2.45) is 11.8 Å². The number of aliphatic hydroxyl groups is 9. The minimum absolute atomic E-state index is 0.0321. The van der Waals surface area contributed by atoms with Gasteiger partial charge < -0.3 is 64.9 Å². The molecule has 2 aliphatic heterocycles. The largest absolute Gasteiger partial charge is 0.393 e. The molecular weight excluding hydrogens is 548 g/mol. The Morgan fingerprint density at radius 2 is 1.32 bits per heavy atom. The van der Waals surface area contributed by atoms with Crippen LogP contribution in [0.5, 0.6) is 0 Å². The highest BCUT2D eigenvalue weighted by atomic mass is 16.7. The molecule has 2 heterocycles. The van der Waals surface area contributed by atoms with Crippen LogP contribution in [0, 0.1) is 11.8 Å². The van der Waals surface area contributed by atoms with E-state index in [4.69, 9.17) is 18.9 Å². The maximum atomic E-state index is 12.9. The summed E-state index contributed by atoms with van der Waals surface area (Å²) in [5.41, 5.74) is 0. The third-order valence-corrected chi connectivity index (χ3v) is 9.05. The Morgan fingerprint density at radius 1 is 0.732 bits per heavy atom. The van der Waals surface area contributed by atoms with Gasteiger partial charge in [-0.1, -0.05) is 0 Å². The van der Waals surface area contributed by atoms with Gasteiger partial charge in [-0.05, 0) is 44.9 Å². The summed E-state index contributed by atoms with van der Waals surface area (Å²) in [6.07, 6.45) is -14.1. The molecule has 0 bridgehead atoms. The third-order valence-electron chi connectivity index (χ3n) is 9.05. The van der Waals surface area contributed by atoms with Crippen molar-refractivity contribution in [2.75, 3.05) is 6.61 Å². The van der Waals surface area contributed by atoms with E-state index in [2.05, 4.69) is 0 Å². The van der Waals surface area contributed by atoms with Gasteiger partial charge in [-0.25, -0.2) is 0 Å². The first-order chi connectivity index (χ1) is 19.4. The van der Waals surface area contributed by atoms with Crippen molar-refractivity contribution in [3.63, 3.8) is 0 Å². The molecule has 2 unspecified atom stereocenters. The van der Waals surface area contributed by atoms with Gasteiger partial charge in [-0.15, -0.1) is 0 Å². The molecule has 0 aromatic carbocycles. The summed E-state index contributed by atoms with van der Waals surface area (Å²) in [5, 5.41) is 92.3. The van der Waals surface area contributed by atoms with Crippen molar-refractivity contribution in [1.82, 2.24) is 0 Å². The number of rotatable bonds is 9. The zero-order chi connectivity index (χ0) is 30.0. The van der Waals surface area contributed by atoms with Gasteiger partial charge in [0.05, 0.1) is 43.0 Å². The molecule has 14 heteroatoms. The van der Waals surface area contributed by atoms with E-state index in [1.54, 1.807) is 0 Å². The normalized spacial score (nSPS) is 49.5. The number of ether oxygens (including phenoxy) is 4. The number of ketones is 1. The second kappa shape index (κ2) is 14.3. The Hall–Kier alpha value is -0.850. The minimum Gasteiger partial charge on any atom is -0.393 e. The average Bonchev–Trinajstić information content (AvgIpc) is 2.93. The molecule has 2 saturated carbocycles. The number of Topliss-reactive ketones (excluding diaryl/α,β-unsaturated/α-hetero) is 1. The lowest BCUT2D eigenvalue weighted by Gasteiger charge is -2.44. The van der Waals surface area contributed by atoms with Crippen LogP contribution in [0.1, 0.15) is 58.3 Å². The predicted octanol–water partition coefficient (Wildman–Crippen LogP) is -2.94. The van der Waals surface area contributed by atoms with Gasteiger partial charge in [0, 0.05) is 19.3 Å². The quantitative estimate of drug-likeness (QED) is 0.130. The summed E-state index contributed by atoms with van der Waals surface area (Å²) in [7, 11) is 0. The van der Waals surface area contributed by atoms with Gasteiger partial charge in [-0.2, -0.15) is 0 Å². The van der Waals surface area contributed by atoms with Gasteiger partial charge >= 0.3 is 0 Å². The van der Waals surface area contributed by atoms with Gasteiger partial charge in [0.1, 0.15) is 48.5 Å². The molecule has 0 radical (unpaired) electrons. The molecule has 12 atom stereocenters.